The molecule has 0 amide bonds. The molecule has 7 nitrogen and oxygen atoms in total. The topological polar surface area (TPSA) is 102 Å². The van der Waals surface area contributed by atoms with Crippen molar-refractivity contribution < 1.29 is 27.9 Å². The molecular weight excluding hydrogens is 310 g/mol. The van der Waals surface area contributed by atoms with Crippen molar-refractivity contribution in [2.45, 2.75) is 23.0 Å². The molecule has 1 aliphatic rings. The number of methoxy groups -OCH3 is 1. The number of carboxylic acid groups (broad SMARTS) is 1. The van der Waals surface area contributed by atoms with Crippen LogP contribution in [0.25, 0.3) is 0 Å². The lowest BCUT2D eigenvalue weighted by molar-refractivity contribution is -0.129. The van der Waals surface area contributed by atoms with Crippen LogP contribution in [-0.2, 0) is 24.2 Å². The SMILES string of the molecule is COCCON=C(C(=O)O)c1ccc(S(=O)(=O)C2CC2)cc1. The van der Waals surface area contributed by atoms with Gasteiger partial charge in [0, 0.05) is 12.7 Å². The molecule has 0 aromatic heterocycles. The first-order chi connectivity index (χ1) is 10.5. The third-order valence-corrected chi connectivity index (χ3v) is 5.43. The van der Waals surface area contributed by atoms with Gasteiger partial charge in [-0.05, 0) is 25.0 Å². The van der Waals surface area contributed by atoms with Gasteiger partial charge in [-0.3, -0.25) is 0 Å². The summed E-state index contributed by atoms with van der Waals surface area (Å²) in [5.74, 6) is -1.25. The lowest BCUT2D eigenvalue weighted by Gasteiger charge is -2.05. The smallest absolute Gasteiger partial charge is 0.358 e. The number of ether oxygens (including phenoxy) is 1. The molecule has 1 aromatic carbocycles. The summed E-state index contributed by atoms with van der Waals surface area (Å²) < 4.78 is 28.9. The molecule has 0 aliphatic heterocycles. The molecule has 0 atom stereocenters. The van der Waals surface area contributed by atoms with Crippen LogP contribution in [0.15, 0.2) is 34.3 Å². The number of carbonyl (C=O) groups is 1. The van der Waals surface area contributed by atoms with Crippen molar-refractivity contribution in [1.29, 1.82) is 0 Å². The second-order valence-electron chi connectivity index (χ2n) is 4.84. The Balaban J connectivity index is 2.17. The maximum Gasteiger partial charge on any atom is 0.358 e. The van der Waals surface area contributed by atoms with Crippen LogP contribution in [0.4, 0.5) is 0 Å². The van der Waals surface area contributed by atoms with E-state index in [0.717, 1.165) is 0 Å². The van der Waals surface area contributed by atoms with Gasteiger partial charge in [0.05, 0.1) is 16.8 Å². The van der Waals surface area contributed by atoms with Crippen LogP contribution < -0.4 is 0 Å². The molecule has 0 radical (unpaired) electrons. The maximum absolute atomic E-state index is 12.1. The van der Waals surface area contributed by atoms with Crippen molar-refractivity contribution >= 4 is 21.5 Å². The normalized spacial score (nSPS) is 15.6. The number of sulfone groups is 1. The number of rotatable bonds is 8. The zero-order valence-electron chi connectivity index (χ0n) is 12.1. The van der Waals surface area contributed by atoms with Gasteiger partial charge in [0.25, 0.3) is 0 Å². The maximum atomic E-state index is 12.1. The molecule has 0 heterocycles. The highest BCUT2D eigenvalue weighted by atomic mass is 32.2. The summed E-state index contributed by atoms with van der Waals surface area (Å²) in [6.45, 7) is 0.413. The van der Waals surface area contributed by atoms with E-state index in [4.69, 9.17) is 14.7 Å². The number of oxime groups is 1. The van der Waals surface area contributed by atoms with Gasteiger partial charge in [0.15, 0.2) is 15.5 Å². The molecule has 1 aliphatic carbocycles. The fourth-order valence-electron chi connectivity index (χ4n) is 1.82. The Kier molecular flexibility index (Phi) is 5.15. The highest BCUT2D eigenvalue weighted by molar-refractivity contribution is 7.92. The monoisotopic (exact) mass is 327 g/mol. The van der Waals surface area contributed by atoms with E-state index < -0.39 is 15.8 Å². The van der Waals surface area contributed by atoms with E-state index in [-0.39, 0.29) is 34.6 Å². The zero-order valence-corrected chi connectivity index (χ0v) is 12.9. The fraction of sp³-hybridized carbons (Fsp3) is 0.429. The summed E-state index contributed by atoms with van der Waals surface area (Å²) in [4.78, 5) is 16.3. The number of nitrogens with zero attached hydrogens (tertiary/aromatic N) is 1. The summed E-state index contributed by atoms with van der Waals surface area (Å²) in [5.41, 5.74) is -0.00821. The molecule has 1 aromatic rings. The first-order valence-electron chi connectivity index (χ1n) is 6.73. The highest BCUT2D eigenvalue weighted by Gasteiger charge is 2.36. The molecule has 0 saturated heterocycles. The highest BCUT2D eigenvalue weighted by Crippen LogP contribution is 2.33. The summed E-state index contributed by atoms with van der Waals surface area (Å²) in [6, 6.07) is 5.64. The molecule has 0 unspecified atom stereocenters. The van der Waals surface area contributed by atoms with E-state index in [0.29, 0.717) is 12.8 Å². The van der Waals surface area contributed by atoms with Gasteiger partial charge in [-0.25, -0.2) is 13.2 Å². The molecule has 8 heteroatoms. The second kappa shape index (κ2) is 6.89. The van der Waals surface area contributed by atoms with E-state index in [1.165, 1.54) is 31.4 Å². The van der Waals surface area contributed by atoms with E-state index >= 15 is 0 Å². The molecule has 120 valence electrons. The number of hydrogen-bond acceptors (Lipinski definition) is 6. The summed E-state index contributed by atoms with van der Waals surface area (Å²) in [5, 5.41) is 12.4. The molecule has 2 rings (SSSR count). The lowest BCUT2D eigenvalue weighted by atomic mass is 10.1. The van der Waals surface area contributed by atoms with E-state index in [1.807, 2.05) is 0 Å². The van der Waals surface area contributed by atoms with Gasteiger partial charge >= 0.3 is 5.97 Å². The standard InChI is InChI=1S/C14H17NO6S/c1-20-8-9-21-15-13(14(16)17)10-2-4-11(5-3-10)22(18,19)12-6-7-12/h2-5,12H,6-9H2,1H3,(H,16,17). The van der Waals surface area contributed by atoms with E-state index in [9.17, 15) is 13.2 Å². The lowest BCUT2D eigenvalue weighted by Crippen LogP contribution is -2.16. The largest absolute Gasteiger partial charge is 0.476 e. The van der Waals surface area contributed by atoms with Gasteiger partial charge in [-0.2, -0.15) is 0 Å². The van der Waals surface area contributed by atoms with Gasteiger partial charge < -0.3 is 14.7 Å². The predicted octanol–water partition coefficient (Wildman–Crippen LogP) is 1.07. The number of aliphatic carboxylic acids is 1. The van der Waals surface area contributed by atoms with Crippen LogP contribution in [0, 0.1) is 0 Å². The summed E-state index contributed by atoms with van der Waals surface area (Å²) >= 11 is 0. The minimum Gasteiger partial charge on any atom is -0.476 e. The van der Waals surface area contributed by atoms with E-state index in [1.54, 1.807) is 0 Å². The molecule has 22 heavy (non-hydrogen) atoms. The fourth-order valence-corrected chi connectivity index (χ4v) is 3.48. The van der Waals surface area contributed by atoms with Crippen molar-refractivity contribution in [3.63, 3.8) is 0 Å². The number of benzene rings is 1. The third kappa shape index (κ3) is 3.83. The molecule has 0 bridgehead atoms. The average molecular weight is 327 g/mol. The Bertz CT molecular complexity index is 661. The van der Waals surface area contributed by atoms with Gasteiger partial charge in [-0.15, -0.1) is 0 Å². The van der Waals surface area contributed by atoms with Crippen LogP contribution in [0.2, 0.25) is 0 Å². The molecular formula is C14H17NO6S. The second-order valence-corrected chi connectivity index (χ2v) is 7.07. The molecule has 1 fully saturated rings. The third-order valence-electron chi connectivity index (χ3n) is 3.16. The Morgan fingerprint density at radius 1 is 1.27 bits per heavy atom. The molecule has 1 saturated carbocycles. The minimum absolute atomic E-state index is 0.126. The van der Waals surface area contributed by atoms with Crippen LogP contribution in [-0.4, -0.2) is 50.8 Å². The minimum atomic E-state index is -3.29. The Labute approximate surface area is 128 Å². The zero-order chi connectivity index (χ0) is 16.2. The van der Waals surface area contributed by atoms with E-state index in [2.05, 4.69) is 5.16 Å². The number of carboxylic acids is 1. The van der Waals surface area contributed by atoms with Crippen molar-refractivity contribution in [3.8, 4) is 0 Å². The van der Waals surface area contributed by atoms with Crippen LogP contribution in [0.1, 0.15) is 18.4 Å². The molecule has 0 spiro atoms. The Morgan fingerprint density at radius 3 is 2.41 bits per heavy atom. The summed E-state index contributed by atoms with van der Waals surface area (Å²) in [6.07, 6.45) is 1.36. The Morgan fingerprint density at radius 2 is 1.91 bits per heavy atom. The van der Waals surface area contributed by atoms with Crippen molar-refractivity contribution in [2.24, 2.45) is 5.16 Å². The first kappa shape index (κ1) is 16.4. The quantitative estimate of drug-likeness (QED) is 0.435. The molecule has 1 N–H and O–H groups in total. The summed E-state index contributed by atoms with van der Waals surface area (Å²) in [7, 11) is -1.80. The van der Waals surface area contributed by atoms with Gasteiger partial charge in [0.1, 0.15) is 6.61 Å². The number of hydrogen-bond donors (Lipinski definition) is 1. The predicted molar refractivity (Wildman–Crippen MR) is 78.7 cm³/mol. The van der Waals surface area contributed by atoms with Crippen LogP contribution >= 0.6 is 0 Å². The van der Waals surface area contributed by atoms with Crippen LogP contribution in [0.5, 0.6) is 0 Å². The van der Waals surface area contributed by atoms with Crippen molar-refractivity contribution in [3.05, 3.63) is 29.8 Å². The van der Waals surface area contributed by atoms with Gasteiger partial charge in [-0.1, -0.05) is 17.3 Å². The van der Waals surface area contributed by atoms with Gasteiger partial charge in [0.2, 0.25) is 0 Å². The van der Waals surface area contributed by atoms with Crippen LogP contribution in [0.3, 0.4) is 0 Å². The first-order valence-corrected chi connectivity index (χ1v) is 8.28. The van der Waals surface area contributed by atoms with Crippen molar-refractivity contribution in [1.82, 2.24) is 0 Å². The average Bonchev–Trinajstić information content (AvgIpc) is 3.32. The van der Waals surface area contributed by atoms with Crippen molar-refractivity contribution in [2.75, 3.05) is 20.3 Å². The Hall–Kier alpha value is -1.93.